The van der Waals surface area contributed by atoms with Gasteiger partial charge in [-0.1, -0.05) is 0 Å². The quantitative estimate of drug-likeness (QED) is 0.829. The van der Waals surface area contributed by atoms with E-state index in [4.69, 9.17) is 5.11 Å². The predicted octanol–water partition coefficient (Wildman–Crippen LogP) is 2.99. The van der Waals surface area contributed by atoms with E-state index in [0.717, 1.165) is 6.08 Å². The minimum Gasteiger partial charge on any atom is -0.478 e. The molecule has 2 nitrogen and oxygen atoms in total. The monoisotopic (exact) mass is 258 g/mol. The second-order valence-corrected chi connectivity index (χ2v) is 3.65. The summed E-state index contributed by atoms with van der Waals surface area (Å²) < 4.78 is 13.3. The molecule has 0 radical (unpaired) electrons. The largest absolute Gasteiger partial charge is 0.478 e. The first-order valence-corrected chi connectivity index (χ1v) is 4.66. The number of benzene rings is 1. The van der Waals surface area contributed by atoms with E-state index in [0.29, 0.717) is 15.6 Å². The van der Waals surface area contributed by atoms with Crippen LogP contribution in [0, 0.1) is 12.7 Å². The number of halogens is 2. The molecule has 4 heteroatoms. The highest BCUT2D eigenvalue weighted by Crippen LogP contribution is 2.21. The fourth-order valence-corrected chi connectivity index (χ4v) is 1.36. The van der Waals surface area contributed by atoms with Crippen LogP contribution in [0.15, 0.2) is 22.7 Å². The fourth-order valence-electron chi connectivity index (χ4n) is 1.00. The molecule has 14 heavy (non-hydrogen) atoms. The number of aliphatic carboxylic acids is 1. The standard InChI is InChI=1S/C10H8BrFO2/c1-6-4-9(12)8(11)5-7(6)2-3-10(13)14/h2-5H,1H3,(H,13,14)/b3-2+. The van der Waals surface area contributed by atoms with E-state index in [-0.39, 0.29) is 5.82 Å². The number of carboxylic acids is 1. The molecule has 0 saturated heterocycles. The predicted molar refractivity (Wildman–Crippen MR) is 55.5 cm³/mol. The third kappa shape index (κ3) is 2.67. The van der Waals surface area contributed by atoms with Crippen molar-refractivity contribution in [3.63, 3.8) is 0 Å². The highest BCUT2D eigenvalue weighted by Gasteiger charge is 2.02. The molecule has 0 aliphatic heterocycles. The molecule has 0 atom stereocenters. The Labute approximate surface area is 89.2 Å². The summed E-state index contributed by atoms with van der Waals surface area (Å²) in [6.45, 7) is 1.72. The van der Waals surface area contributed by atoms with Crippen LogP contribution >= 0.6 is 15.9 Å². The number of hydrogen-bond donors (Lipinski definition) is 1. The summed E-state index contributed by atoms with van der Waals surface area (Å²) in [6, 6.07) is 2.90. The molecule has 0 heterocycles. The minimum atomic E-state index is -1.02. The average molecular weight is 259 g/mol. The van der Waals surface area contributed by atoms with Crippen molar-refractivity contribution in [1.29, 1.82) is 0 Å². The lowest BCUT2D eigenvalue weighted by Crippen LogP contribution is -1.89. The third-order valence-corrected chi connectivity index (χ3v) is 2.32. The first-order valence-electron chi connectivity index (χ1n) is 3.87. The number of hydrogen-bond acceptors (Lipinski definition) is 1. The number of aryl methyl sites for hydroxylation is 1. The van der Waals surface area contributed by atoms with Crippen LogP contribution in [0.3, 0.4) is 0 Å². The lowest BCUT2D eigenvalue weighted by atomic mass is 10.1. The Bertz CT molecular complexity index is 399. The van der Waals surface area contributed by atoms with Crippen molar-refractivity contribution in [2.45, 2.75) is 6.92 Å². The van der Waals surface area contributed by atoms with Gasteiger partial charge >= 0.3 is 5.97 Å². The van der Waals surface area contributed by atoms with Crippen LogP contribution in [0.2, 0.25) is 0 Å². The van der Waals surface area contributed by atoms with E-state index in [2.05, 4.69) is 15.9 Å². The van der Waals surface area contributed by atoms with E-state index >= 15 is 0 Å². The minimum absolute atomic E-state index is 0.327. The molecular formula is C10H8BrFO2. The van der Waals surface area contributed by atoms with Gasteiger partial charge in [0, 0.05) is 6.08 Å². The highest BCUT2D eigenvalue weighted by molar-refractivity contribution is 9.10. The summed E-state index contributed by atoms with van der Waals surface area (Å²) in [5.74, 6) is -1.38. The van der Waals surface area contributed by atoms with Crippen molar-refractivity contribution >= 4 is 28.0 Å². The first-order chi connectivity index (χ1) is 6.50. The maximum absolute atomic E-state index is 13.0. The highest BCUT2D eigenvalue weighted by atomic mass is 79.9. The molecule has 0 aromatic heterocycles. The number of carboxylic acid groups (broad SMARTS) is 1. The summed E-state index contributed by atoms with van der Waals surface area (Å²) in [5, 5.41) is 8.42. The first kappa shape index (κ1) is 10.9. The zero-order chi connectivity index (χ0) is 10.7. The van der Waals surface area contributed by atoms with Gasteiger partial charge in [0.15, 0.2) is 0 Å². The van der Waals surface area contributed by atoms with Gasteiger partial charge in [0.25, 0.3) is 0 Å². The van der Waals surface area contributed by atoms with Gasteiger partial charge in [-0.05, 0) is 52.2 Å². The van der Waals surface area contributed by atoms with Crippen LogP contribution in [0.1, 0.15) is 11.1 Å². The summed E-state index contributed by atoms with van der Waals surface area (Å²) in [7, 11) is 0. The van der Waals surface area contributed by atoms with Crippen molar-refractivity contribution in [2.24, 2.45) is 0 Å². The topological polar surface area (TPSA) is 37.3 Å². The number of rotatable bonds is 2. The summed E-state index contributed by atoms with van der Waals surface area (Å²) in [6.07, 6.45) is 2.45. The molecule has 1 N–H and O–H groups in total. The Hall–Kier alpha value is -1.16. The molecule has 74 valence electrons. The Morgan fingerprint density at radius 2 is 2.21 bits per heavy atom. The van der Waals surface area contributed by atoms with Crippen molar-refractivity contribution in [3.8, 4) is 0 Å². The maximum Gasteiger partial charge on any atom is 0.328 e. The van der Waals surface area contributed by atoms with Crippen LogP contribution in [0.25, 0.3) is 6.08 Å². The lowest BCUT2D eigenvalue weighted by Gasteiger charge is -2.01. The van der Waals surface area contributed by atoms with Gasteiger partial charge in [-0.25, -0.2) is 9.18 Å². The summed E-state index contributed by atoms with van der Waals surface area (Å²) in [4.78, 5) is 10.3. The van der Waals surface area contributed by atoms with E-state index < -0.39 is 5.97 Å². The third-order valence-electron chi connectivity index (χ3n) is 1.71. The lowest BCUT2D eigenvalue weighted by molar-refractivity contribution is -0.131. The molecule has 0 aliphatic carbocycles. The van der Waals surface area contributed by atoms with Gasteiger partial charge < -0.3 is 5.11 Å². The van der Waals surface area contributed by atoms with E-state index in [1.54, 1.807) is 13.0 Å². The average Bonchev–Trinajstić information content (AvgIpc) is 2.09. The fraction of sp³-hybridized carbons (Fsp3) is 0.100. The van der Waals surface area contributed by atoms with Gasteiger partial charge in [0.1, 0.15) is 5.82 Å². The van der Waals surface area contributed by atoms with Crippen LogP contribution in [-0.4, -0.2) is 11.1 Å². The molecule has 0 unspecified atom stereocenters. The molecule has 0 aliphatic rings. The van der Waals surface area contributed by atoms with Crippen LogP contribution in [-0.2, 0) is 4.79 Å². The molecule has 0 amide bonds. The number of carbonyl (C=O) groups is 1. The van der Waals surface area contributed by atoms with Gasteiger partial charge in [0.05, 0.1) is 4.47 Å². The van der Waals surface area contributed by atoms with Crippen molar-refractivity contribution in [1.82, 2.24) is 0 Å². The van der Waals surface area contributed by atoms with Crippen molar-refractivity contribution in [3.05, 3.63) is 39.6 Å². The Morgan fingerprint density at radius 3 is 2.79 bits per heavy atom. The normalized spacial score (nSPS) is 10.8. The van der Waals surface area contributed by atoms with Gasteiger partial charge in [-0.15, -0.1) is 0 Å². The second kappa shape index (κ2) is 4.37. The summed E-state index contributed by atoms with van der Waals surface area (Å²) >= 11 is 3.03. The molecule has 1 aromatic rings. The Morgan fingerprint density at radius 1 is 1.57 bits per heavy atom. The van der Waals surface area contributed by atoms with Crippen molar-refractivity contribution < 1.29 is 14.3 Å². The molecular weight excluding hydrogens is 251 g/mol. The van der Waals surface area contributed by atoms with Crippen LogP contribution in [0.5, 0.6) is 0 Å². The van der Waals surface area contributed by atoms with Gasteiger partial charge in [-0.3, -0.25) is 0 Å². The molecule has 0 bridgehead atoms. The van der Waals surface area contributed by atoms with Gasteiger partial charge in [-0.2, -0.15) is 0 Å². The smallest absolute Gasteiger partial charge is 0.328 e. The Balaban J connectivity index is 3.10. The van der Waals surface area contributed by atoms with Crippen molar-refractivity contribution in [2.75, 3.05) is 0 Å². The van der Waals surface area contributed by atoms with Crippen LogP contribution < -0.4 is 0 Å². The van der Waals surface area contributed by atoms with Crippen LogP contribution in [0.4, 0.5) is 4.39 Å². The van der Waals surface area contributed by atoms with E-state index in [1.807, 2.05) is 0 Å². The van der Waals surface area contributed by atoms with Gasteiger partial charge in [0.2, 0.25) is 0 Å². The zero-order valence-electron chi connectivity index (χ0n) is 7.42. The molecule has 0 spiro atoms. The molecule has 1 aromatic carbocycles. The Kier molecular flexibility index (Phi) is 3.41. The molecule has 1 rings (SSSR count). The molecule has 0 fully saturated rings. The van der Waals surface area contributed by atoms with E-state index in [9.17, 15) is 9.18 Å². The SMILES string of the molecule is Cc1cc(F)c(Br)cc1/C=C/C(=O)O. The molecule has 0 saturated carbocycles. The summed E-state index contributed by atoms with van der Waals surface area (Å²) in [5.41, 5.74) is 1.38. The second-order valence-electron chi connectivity index (χ2n) is 2.79. The maximum atomic E-state index is 13.0. The zero-order valence-corrected chi connectivity index (χ0v) is 9.01. The van der Waals surface area contributed by atoms with E-state index in [1.165, 1.54) is 12.1 Å².